The number of rotatable bonds is 3. The van der Waals surface area contributed by atoms with E-state index in [1.54, 1.807) is 17.4 Å². The second-order valence-corrected chi connectivity index (χ2v) is 7.25. The molecular weight excluding hydrogens is 336 g/mol. The molecule has 0 unspecified atom stereocenters. The fourth-order valence-corrected chi connectivity index (χ4v) is 4.39. The smallest absolute Gasteiger partial charge is 0.148 e. The van der Waals surface area contributed by atoms with Crippen molar-refractivity contribution in [2.45, 2.75) is 32.6 Å². The third kappa shape index (κ3) is 2.91. The van der Waals surface area contributed by atoms with Crippen LogP contribution in [0.5, 0.6) is 11.5 Å². The monoisotopic (exact) mass is 354 g/mol. The molecule has 0 fully saturated rings. The highest BCUT2D eigenvalue weighted by atomic mass is 32.1. The summed E-state index contributed by atoms with van der Waals surface area (Å²) in [5.74, 6) is -0.00317. The van der Waals surface area contributed by atoms with Crippen LogP contribution in [0.4, 0.5) is 5.69 Å². The van der Waals surface area contributed by atoms with Gasteiger partial charge in [-0.05, 0) is 50.3 Å². The van der Waals surface area contributed by atoms with E-state index in [0.29, 0.717) is 5.56 Å². The maximum Gasteiger partial charge on any atom is 0.148 e. The van der Waals surface area contributed by atoms with Crippen LogP contribution in [0.2, 0.25) is 0 Å². The van der Waals surface area contributed by atoms with Gasteiger partial charge in [-0.1, -0.05) is 0 Å². The Morgan fingerprint density at radius 2 is 2.04 bits per heavy atom. The lowest BCUT2D eigenvalue weighted by molar-refractivity contribution is 0.450. The fraction of sp³-hybridized carbons (Fsp3) is 0.278. The van der Waals surface area contributed by atoms with Crippen LogP contribution in [0.1, 0.15) is 34.5 Å². The predicted octanol–water partition coefficient (Wildman–Crippen LogP) is 3.74. The molecule has 0 radical (unpaired) electrons. The van der Waals surface area contributed by atoms with Gasteiger partial charge in [0.1, 0.15) is 16.3 Å². The van der Waals surface area contributed by atoms with Crippen LogP contribution < -0.4 is 5.43 Å². The van der Waals surface area contributed by atoms with Crippen LogP contribution >= 0.6 is 11.3 Å². The van der Waals surface area contributed by atoms with Crippen molar-refractivity contribution >= 4 is 33.5 Å². The Morgan fingerprint density at radius 3 is 2.88 bits per heavy atom. The van der Waals surface area contributed by atoms with Gasteiger partial charge in [-0.3, -0.25) is 5.43 Å². The Bertz CT molecular complexity index is 981. The number of hydrogen-bond donors (Lipinski definition) is 3. The van der Waals surface area contributed by atoms with E-state index >= 15 is 0 Å². The molecule has 2 aromatic heterocycles. The van der Waals surface area contributed by atoms with E-state index in [9.17, 15) is 10.2 Å². The summed E-state index contributed by atoms with van der Waals surface area (Å²) in [6.07, 6.45) is 6.13. The molecule has 0 amide bonds. The minimum absolute atomic E-state index is 0.0170. The van der Waals surface area contributed by atoms with Crippen molar-refractivity contribution in [1.29, 1.82) is 0 Å². The number of nitrogens with zero attached hydrogens (tertiary/aromatic N) is 3. The van der Waals surface area contributed by atoms with Crippen molar-refractivity contribution in [3.63, 3.8) is 0 Å². The summed E-state index contributed by atoms with van der Waals surface area (Å²) in [4.78, 5) is 2.35. The van der Waals surface area contributed by atoms with Gasteiger partial charge in [0, 0.05) is 21.9 Å². The minimum Gasteiger partial charge on any atom is -0.508 e. The first kappa shape index (κ1) is 15.8. The summed E-state index contributed by atoms with van der Waals surface area (Å²) < 4.78 is 0. The number of phenolic OH excluding ortho intramolecular Hbond substituents is 2. The molecule has 6 nitrogen and oxygen atoms in total. The molecule has 3 aromatic rings. The number of hydrogen-bond acceptors (Lipinski definition) is 7. The van der Waals surface area contributed by atoms with Crippen LogP contribution in [-0.2, 0) is 12.8 Å². The molecule has 4 rings (SSSR count). The number of aromatic hydroxyl groups is 2. The number of phenols is 2. The number of anilines is 1. The molecule has 1 aliphatic rings. The SMILES string of the molecule is Cc1nnc2sc3c(c2c1N/N=C/c1ccc(O)cc1O)CCCC3. The molecule has 128 valence electrons. The van der Waals surface area contributed by atoms with Gasteiger partial charge in [-0.15, -0.1) is 16.4 Å². The van der Waals surface area contributed by atoms with Gasteiger partial charge in [0.15, 0.2) is 0 Å². The molecule has 1 aliphatic carbocycles. The van der Waals surface area contributed by atoms with Crippen LogP contribution in [0.15, 0.2) is 23.3 Å². The number of hydrazone groups is 1. The molecule has 2 heterocycles. The van der Waals surface area contributed by atoms with E-state index in [1.165, 1.54) is 41.6 Å². The maximum atomic E-state index is 9.84. The number of fused-ring (bicyclic) bond motifs is 3. The van der Waals surface area contributed by atoms with Crippen molar-refractivity contribution < 1.29 is 10.2 Å². The first-order valence-electron chi connectivity index (χ1n) is 8.22. The van der Waals surface area contributed by atoms with E-state index in [0.717, 1.165) is 34.4 Å². The lowest BCUT2D eigenvalue weighted by atomic mass is 9.96. The standard InChI is InChI=1S/C18H18N4O2S/c1-10-17(21-19-9-11-6-7-12(23)8-14(11)24)16-13-4-2-3-5-15(13)25-18(16)22-20-10/h6-9,23-24H,2-5H2,1H3,(H,21,22)/b19-9+. The molecule has 0 aliphatic heterocycles. The summed E-state index contributed by atoms with van der Waals surface area (Å²) in [7, 11) is 0. The lowest BCUT2D eigenvalue weighted by Gasteiger charge is -2.12. The van der Waals surface area contributed by atoms with E-state index in [4.69, 9.17) is 0 Å². The van der Waals surface area contributed by atoms with Gasteiger partial charge in [0.2, 0.25) is 0 Å². The Hall–Kier alpha value is -2.67. The zero-order chi connectivity index (χ0) is 17.4. The maximum absolute atomic E-state index is 9.84. The molecule has 3 N–H and O–H groups in total. The normalized spacial score (nSPS) is 14.1. The number of nitrogens with one attached hydrogen (secondary N) is 1. The molecule has 0 spiro atoms. The Morgan fingerprint density at radius 1 is 1.20 bits per heavy atom. The van der Waals surface area contributed by atoms with Crippen molar-refractivity contribution in [3.8, 4) is 11.5 Å². The Labute approximate surface area is 148 Å². The second-order valence-electron chi connectivity index (χ2n) is 6.16. The molecule has 0 bridgehead atoms. The highest BCUT2D eigenvalue weighted by Crippen LogP contribution is 2.39. The van der Waals surface area contributed by atoms with Crippen LogP contribution in [-0.4, -0.2) is 26.6 Å². The van der Waals surface area contributed by atoms with E-state index in [-0.39, 0.29) is 11.5 Å². The number of aromatic nitrogens is 2. The molecule has 7 heteroatoms. The highest BCUT2D eigenvalue weighted by molar-refractivity contribution is 7.19. The van der Waals surface area contributed by atoms with Crippen molar-refractivity contribution in [3.05, 3.63) is 39.9 Å². The highest BCUT2D eigenvalue weighted by Gasteiger charge is 2.20. The molecule has 0 atom stereocenters. The molecular formula is C18H18N4O2S. The summed E-state index contributed by atoms with van der Waals surface area (Å²) >= 11 is 1.72. The topological polar surface area (TPSA) is 90.6 Å². The van der Waals surface area contributed by atoms with Gasteiger partial charge < -0.3 is 10.2 Å². The van der Waals surface area contributed by atoms with Gasteiger partial charge >= 0.3 is 0 Å². The van der Waals surface area contributed by atoms with Gasteiger partial charge in [0.05, 0.1) is 17.6 Å². The molecule has 0 saturated heterocycles. The largest absolute Gasteiger partial charge is 0.508 e. The lowest BCUT2D eigenvalue weighted by Crippen LogP contribution is -2.02. The second kappa shape index (κ2) is 6.33. The van der Waals surface area contributed by atoms with E-state index in [1.807, 2.05) is 6.92 Å². The summed E-state index contributed by atoms with van der Waals surface area (Å²) in [6.45, 7) is 1.91. The summed E-state index contributed by atoms with van der Waals surface area (Å²) in [5, 5.41) is 33.2. The molecule has 25 heavy (non-hydrogen) atoms. The van der Waals surface area contributed by atoms with Crippen LogP contribution in [0.3, 0.4) is 0 Å². The first-order valence-corrected chi connectivity index (χ1v) is 9.03. The summed E-state index contributed by atoms with van der Waals surface area (Å²) in [6, 6.07) is 4.40. The quantitative estimate of drug-likeness (QED) is 0.492. The van der Waals surface area contributed by atoms with Crippen LogP contribution in [0, 0.1) is 6.92 Å². The van der Waals surface area contributed by atoms with Crippen molar-refractivity contribution in [2.75, 3.05) is 5.43 Å². The zero-order valence-electron chi connectivity index (χ0n) is 13.8. The fourth-order valence-electron chi connectivity index (χ4n) is 3.18. The van der Waals surface area contributed by atoms with Crippen molar-refractivity contribution in [2.24, 2.45) is 5.10 Å². The van der Waals surface area contributed by atoms with E-state index < -0.39 is 0 Å². The van der Waals surface area contributed by atoms with Gasteiger partial charge in [0.25, 0.3) is 0 Å². The average Bonchev–Trinajstić information content (AvgIpc) is 2.97. The number of aryl methyl sites for hydroxylation is 3. The predicted molar refractivity (Wildman–Crippen MR) is 99.8 cm³/mol. The minimum atomic E-state index is -0.0202. The Balaban J connectivity index is 1.70. The average molecular weight is 354 g/mol. The summed E-state index contributed by atoms with van der Waals surface area (Å²) in [5.41, 5.74) is 6.65. The first-order chi connectivity index (χ1) is 12.1. The molecule has 0 saturated carbocycles. The van der Waals surface area contributed by atoms with Gasteiger partial charge in [-0.2, -0.15) is 10.2 Å². The zero-order valence-corrected chi connectivity index (χ0v) is 14.6. The van der Waals surface area contributed by atoms with Crippen molar-refractivity contribution in [1.82, 2.24) is 10.2 Å². The third-order valence-corrected chi connectivity index (χ3v) is 5.63. The number of benzene rings is 1. The van der Waals surface area contributed by atoms with Crippen LogP contribution in [0.25, 0.3) is 10.2 Å². The Kier molecular flexibility index (Phi) is 4.01. The van der Waals surface area contributed by atoms with E-state index in [2.05, 4.69) is 20.7 Å². The van der Waals surface area contributed by atoms with Gasteiger partial charge in [-0.25, -0.2) is 0 Å². The number of thiophene rings is 1. The molecule has 1 aromatic carbocycles. The third-order valence-electron chi connectivity index (χ3n) is 4.45.